The summed E-state index contributed by atoms with van der Waals surface area (Å²) >= 11 is 6.48. The molecule has 0 spiro atoms. The molecular formula is C22H19ClN6O. The van der Waals surface area contributed by atoms with Gasteiger partial charge in [0.2, 0.25) is 0 Å². The molecule has 0 saturated heterocycles. The lowest BCUT2D eigenvalue weighted by molar-refractivity contribution is 0.102. The first-order chi connectivity index (χ1) is 14.6. The van der Waals surface area contributed by atoms with Gasteiger partial charge in [-0.25, -0.2) is 9.67 Å². The zero-order valence-electron chi connectivity index (χ0n) is 16.3. The van der Waals surface area contributed by atoms with Gasteiger partial charge < -0.3 is 5.32 Å². The number of rotatable bonds is 5. The number of hydrogen-bond donors (Lipinski definition) is 2. The largest absolute Gasteiger partial charge is 0.322 e. The first kappa shape index (κ1) is 18.6. The van der Waals surface area contributed by atoms with Crippen LogP contribution in [0.3, 0.4) is 0 Å². The van der Waals surface area contributed by atoms with E-state index in [4.69, 9.17) is 11.6 Å². The number of aromatic nitrogens is 5. The maximum absolute atomic E-state index is 12.9. The van der Waals surface area contributed by atoms with Gasteiger partial charge in [0, 0.05) is 17.2 Å². The number of anilines is 1. The van der Waals surface area contributed by atoms with Crippen LogP contribution in [0.5, 0.6) is 0 Å². The third-order valence-electron chi connectivity index (χ3n) is 5.10. The van der Waals surface area contributed by atoms with E-state index in [0.717, 1.165) is 17.1 Å². The highest BCUT2D eigenvalue weighted by molar-refractivity contribution is 6.34. The van der Waals surface area contributed by atoms with Crippen LogP contribution in [-0.4, -0.2) is 30.9 Å². The zero-order valence-corrected chi connectivity index (χ0v) is 17.0. The Morgan fingerprint density at radius 3 is 2.57 bits per heavy atom. The van der Waals surface area contributed by atoms with Crippen molar-refractivity contribution in [2.45, 2.75) is 25.7 Å². The van der Waals surface area contributed by atoms with Crippen LogP contribution in [0.4, 0.5) is 5.69 Å². The average Bonchev–Trinajstić information content (AvgIpc) is 3.41. The van der Waals surface area contributed by atoms with E-state index in [1.165, 1.54) is 12.8 Å². The summed E-state index contributed by atoms with van der Waals surface area (Å²) in [6, 6.07) is 16.9. The van der Waals surface area contributed by atoms with Gasteiger partial charge in [0.05, 0.1) is 11.4 Å². The highest BCUT2D eigenvalue weighted by Crippen LogP contribution is 2.38. The number of carbonyl (C=O) groups is 1. The predicted molar refractivity (Wildman–Crippen MR) is 115 cm³/mol. The summed E-state index contributed by atoms with van der Waals surface area (Å²) in [5, 5.41) is 14.9. The van der Waals surface area contributed by atoms with Gasteiger partial charge in [-0.2, -0.15) is 10.2 Å². The number of aromatic amines is 1. The Bertz CT molecular complexity index is 1210. The summed E-state index contributed by atoms with van der Waals surface area (Å²) < 4.78 is 1.57. The molecular weight excluding hydrogens is 400 g/mol. The van der Waals surface area contributed by atoms with Gasteiger partial charge in [-0.15, -0.1) is 0 Å². The third kappa shape index (κ3) is 3.48. The number of amides is 1. The van der Waals surface area contributed by atoms with Crippen LogP contribution in [0.15, 0.2) is 54.6 Å². The summed E-state index contributed by atoms with van der Waals surface area (Å²) in [5.41, 5.74) is 3.26. The SMILES string of the molecule is Cc1nn(-c2ccccc2)c(Cl)c1C(=O)Nc1ccc(-c2n[nH]c(C3CC3)n2)cc1. The molecule has 2 aromatic carbocycles. The maximum Gasteiger partial charge on any atom is 0.260 e. The minimum atomic E-state index is -0.304. The number of aryl methyl sites for hydroxylation is 1. The monoisotopic (exact) mass is 418 g/mol. The first-order valence-electron chi connectivity index (χ1n) is 9.75. The lowest BCUT2D eigenvalue weighted by Crippen LogP contribution is -2.13. The molecule has 8 heteroatoms. The molecule has 1 amide bonds. The van der Waals surface area contributed by atoms with Crippen molar-refractivity contribution < 1.29 is 4.79 Å². The van der Waals surface area contributed by atoms with Crippen molar-refractivity contribution in [2.75, 3.05) is 5.32 Å². The van der Waals surface area contributed by atoms with Crippen molar-refractivity contribution in [1.82, 2.24) is 25.0 Å². The average molecular weight is 419 g/mol. The van der Waals surface area contributed by atoms with Crippen LogP contribution in [0.2, 0.25) is 5.15 Å². The van der Waals surface area contributed by atoms with Crippen molar-refractivity contribution in [3.8, 4) is 17.1 Å². The van der Waals surface area contributed by atoms with Gasteiger partial charge in [0.15, 0.2) is 5.82 Å². The van der Waals surface area contributed by atoms with E-state index in [9.17, 15) is 4.79 Å². The molecule has 30 heavy (non-hydrogen) atoms. The number of hydrogen-bond acceptors (Lipinski definition) is 4. The van der Waals surface area contributed by atoms with Gasteiger partial charge in [-0.05, 0) is 56.2 Å². The van der Waals surface area contributed by atoms with Gasteiger partial charge in [0.1, 0.15) is 16.5 Å². The summed E-state index contributed by atoms with van der Waals surface area (Å²) in [6.45, 7) is 1.77. The molecule has 0 aliphatic heterocycles. The number of para-hydroxylation sites is 1. The normalized spacial score (nSPS) is 13.4. The van der Waals surface area contributed by atoms with Crippen LogP contribution in [0.1, 0.15) is 40.6 Å². The van der Waals surface area contributed by atoms with Crippen LogP contribution < -0.4 is 5.32 Å². The minimum absolute atomic E-state index is 0.279. The van der Waals surface area contributed by atoms with Gasteiger partial charge >= 0.3 is 0 Å². The van der Waals surface area contributed by atoms with Crippen molar-refractivity contribution in [1.29, 1.82) is 0 Å². The summed E-state index contributed by atoms with van der Waals surface area (Å²) in [4.78, 5) is 17.4. The highest BCUT2D eigenvalue weighted by Gasteiger charge is 2.27. The van der Waals surface area contributed by atoms with Gasteiger partial charge in [-0.3, -0.25) is 9.89 Å². The van der Waals surface area contributed by atoms with E-state index < -0.39 is 0 Å². The van der Waals surface area contributed by atoms with Crippen LogP contribution in [-0.2, 0) is 0 Å². The molecule has 2 heterocycles. The second kappa shape index (κ2) is 7.42. The van der Waals surface area contributed by atoms with Gasteiger partial charge in [-0.1, -0.05) is 29.8 Å². The summed E-state index contributed by atoms with van der Waals surface area (Å²) in [6.07, 6.45) is 2.34. The second-order valence-electron chi connectivity index (χ2n) is 7.35. The lowest BCUT2D eigenvalue weighted by Gasteiger charge is -2.06. The lowest BCUT2D eigenvalue weighted by atomic mass is 10.2. The molecule has 0 bridgehead atoms. The molecule has 0 unspecified atom stereocenters. The molecule has 4 aromatic rings. The van der Waals surface area contributed by atoms with E-state index in [-0.39, 0.29) is 11.1 Å². The number of halogens is 1. The fourth-order valence-electron chi connectivity index (χ4n) is 3.34. The number of nitrogens with zero attached hydrogens (tertiary/aromatic N) is 4. The molecule has 150 valence electrons. The van der Waals surface area contributed by atoms with E-state index >= 15 is 0 Å². The third-order valence-corrected chi connectivity index (χ3v) is 5.45. The Labute approximate surface area is 178 Å². The van der Waals surface area contributed by atoms with Crippen molar-refractivity contribution in [3.63, 3.8) is 0 Å². The van der Waals surface area contributed by atoms with Crippen molar-refractivity contribution >= 4 is 23.2 Å². The Balaban J connectivity index is 1.34. The highest BCUT2D eigenvalue weighted by atomic mass is 35.5. The molecule has 1 saturated carbocycles. The molecule has 5 rings (SSSR count). The van der Waals surface area contributed by atoms with Gasteiger partial charge in [0.25, 0.3) is 5.91 Å². The van der Waals surface area contributed by atoms with E-state index in [2.05, 4.69) is 25.6 Å². The Hall–Kier alpha value is -3.45. The molecule has 7 nitrogen and oxygen atoms in total. The Kier molecular flexibility index (Phi) is 4.59. The maximum atomic E-state index is 12.9. The Morgan fingerprint density at radius 1 is 1.13 bits per heavy atom. The quantitative estimate of drug-likeness (QED) is 0.489. The smallest absolute Gasteiger partial charge is 0.260 e. The fraction of sp³-hybridized carbons (Fsp3) is 0.182. The van der Waals surface area contributed by atoms with Crippen molar-refractivity contribution in [3.05, 3.63) is 76.8 Å². The molecule has 2 aromatic heterocycles. The minimum Gasteiger partial charge on any atom is -0.322 e. The first-order valence-corrected chi connectivity index (χ1v) is 10.1. The van der Waals surface area contributed by atoms with Crippen LogP contribution >= 0.6 is 11.6 Å². The van der Waals surface area contributed by atoms with E-state index in [1.807, 2.05) is 54.6 Å². The number of benzene rings is 2. The number of carbonyl (C=O) groups excluding carboxylic acids is 1. The van der Waals surface area contributed by atoms with E-state index in [0.29, 0.717) is 28.7 Å². The zero-order chi connectivity index (χ0) is 20.7. The van der Waals surface area contributed by atoms with Crippen molar-refractivity contribution in [2.24, 2.45) is 0 Å². The van der Waals surface area contributed by atoms with Crippen LogP contribution in [0, 0.1) is 6.92 Å². The molecule has 0 atom stereocenters. The van der Waals surface area contributed by atoms with Crippen LogP contribution in [0.25, 0.3) is 17.1 Å². The predicted octanol–water partition coefficient (Wildman–Crippen LogP) is 4.75. The summed E-state index contributed by atoms with van der Waals surface area (Å²) in [5.74, 6) is 1.83. The molecule has 1 fully saturated rings. The number of nitrogens with one attached hydrogen (secondary N) is 2. The summed E-state index contributed by atoms with van der Waals surface area (Å²) in [7, 11) is 0. The second-order valence-corrected chi connectivity index (χ2v) is 7.71. The van der Waals surface area contributed by atoms with E-state index in [1.54, 1.807) is 11.6 Å². The Morgan fingerprint density at radius 2 is 1.87 bits per heavy atom. The molecule has 2 N–H and O–H groups in total. The fourth-order valence-corrected chi connectivity index (χ4v) is 3.69. The molecule has 1 aliphatic rings. The topological polar surface area (TPSA) is 88.5 Å². The molecule has 1 aliphatic carbocycles. The number of H-pyrrole nitrogens is 1. The molecule has 0 radical (unpaired) electrons. The standard InChI is InChI=1S/C22H19ClN6O/c1-13-18(19(23)29(28-13)17-5-3-2-4-6-17)22(30)24-16-11-9-15(10-12-16)21-25-20(26-27-21)14-7-8-14/h2-6,9-12,14H,7-8H2,1H3,(H,24,30)(H,25,26,27).